The Kier molecular flexibility index (Phi) is 3.83. The quantitative estimate of drug-likeness (QED) is 0.728. The van der Waals surface area contributed by atoms with Gasteiger partial charge in [-0.05, 0) is 32.7 Å². The first kappa shape index (κ1) is 11.9. The van der Waals surface area contributed by atoms with E-state index in [1.807, 2.05) is 0 Å². The van der Waals surface area contributed by atoms with Gasteiger partial charge in [0.25, 0.3) is 0 Å². The average Bonchev–Trinajstić information content (AvgIpc) is 2.51. The average molecular weight is 221 g/mol. The Bertz CT molecular complexity index is 271. The second-order valence-corrected chi connectivity index (χ2v) is 5.26. The summed E-state index contributed by atoms with van der Waals surface area (Å²) in [6, 6.07) is 4.36. The molecule has 2 rings (SSSR count). The molecule has 2 aliphatic heterocycles. The van der Waals surface area contributed by atoms with Gasteiger partial charge in [0.1, 0.15) is 0 Å². The van der Waals surface area contributed by atoms with Gasteiger partial charge in [0, 0.05) is 31.2 Å². The van der Waals surface area contributed by atoms with Gasteiger partial charge in [0.2, 0.25) is 0 Å². The van der Waals surface area contributed by atoms with Gasteiger partial charge in [0.15, 0.2) is 0 Å². The van der Waals surface area contributed by atoms with Crippen LogP contribution in [-0.2, 0) is 0 Å². The Balaban J connectivity index is 2.00. The molecule has 2 bridgehead atoms. The van der Waals surface area contributed by atoms with Crippen molar-refractivity contribution < 1.29 is 0 Å². The van der Waals surface area contributed by atoms with E-state index in [1.165, 1.54) is 32.4 Å². The van der Waals surface area contributed by atoms with E-state index in [-0.39, 0.29) is 0 Å². The van der Waals surface area contributed by atoms with E-state index >= 15 is 0 Å². The molecule has 90 valence electrons. The minimum atomic E-state index is 0.484. The van der Waals surface area contributed by atoms with Crippen LogP contribution in [0.5, 0.6) is 0 Å². The van der Waals surface area contributed by atoms with Crippen molar-refractivity contribution in [2.45, 2.75) is 57.2 Å². The van der Waals surface area contributed by atoms with E-state index in [4.69, 9.17) is 5.26 Å². The summed E-state index contributed by atoms with van der Waals surface area (Å²) in [5, 5.41) is 8.87. The van der Waals surface area contributed by atoms with Crippen molar-refractivity contribution in [2.24, 2.45) is 0 Å². The zero-order chi connectivity index (χ0) is 11.5. The molecule has 2 heterocycles. The van der Waals surface area contributed by atoms with Crippen molar-refractivity contribution in [1.29, 1.82) is 5.26 Å². The maximum atomic E-state index is 8.87. The number of hydrogen-bond donors (Lipinski definition) is 0. The van der Waals surface area contributed by atoms with E-state index < -0.39 is 0 Å². The van der Waals surface area contributed by atoms with Crippen LogP contribution in [0.2, 0.25) is 0 Å². The summed E-state index contributed by atoms with van der Waals surface area (Å²) < 4.78 is 0. The second kappa shape index (κ2) is 5.16. The summed E-state index contributed by atoms with van der Waals surface area (Å²) >= 11 is 0. The number of rotatable bonds is 3. The highest BCUT2D eigenvalue weighted by Gasteiger charge is 2.35. The molecule has 0 saturated carbocycles. The lowest BCUT2D eigenvalue weighted by Crippen LogP contribution is -2.41. The highest BCUT2D eigenvalue weighted by atomic mass is 15.3. The van der Waals surface area contributed by atoms with Crippen LogP contribution in [0, 0.1) is 11.3 Å². The van der Waals surface area contributed by atoms with Crippen LogP contribution in [0.25, 0.3) is 0 Å². The molecule has 0 spiro atoms. The molecule has 0 amide bonds. The first-order chi connectivity index (χ1) is 7.76. The third-order valence-electron chi connectivity index (χ3n) is 4.49. The molecule has 0 aromatic rings. The third kappa shape index (κ3) is 2.23. The van der Waals surface area contributed by atoms with E-state index in [1.54, 1.807) is 0 Å². The van der Waals surface area contributed by atoms with Gasteiger partial charge < -0.3 is 0 Å². The lowest BCUT2D eigenvalue weighted by molar-refractivity contribution is 0.169. The summed E-state index contributed by atoms with van der Waals surface area (Å²) in [5.74, 6) is 0. The summed E-state index contributed by atoms with van der Waals surface area (Å²) in [6.07, 6.45) is 5.81. The van der Waals surface area contributed by atoms with Gasteiger partial charge >= 0.3 is 0 Å². The van der Waals surface area contributed by atoms with Crippen LogP contribution in [-0.4, -0.2) is 48.1 Å². The number of hydrogen-bond acceptors (Lipinski definition) is 3. The molecule has 3 atom stereocenters. The number of nitriles is 1. The molecule has 0 N–H and O–H groups in total. The fourth-order valence-corrected chi connectivity index (χ4v) is 3.30. The van der Waals surface area contributed by atoms with Crippen LogP contribution in [0.1, 0.15) is 39.0 Å². The maximum Gasteiger partial charge on any atom is 0.0638 e. The summed E-state index contributed by atoms with van der Waals surface area (Å²) in [4.78, 5) is 5.13. The molecule has 3 unspecified atom stereocenters. The fourth-order valence-electron chi connectivity index (χ4n) is 3.30. The van der Waals surface area contributed by atoms with Crippen LogP contribution in [0.4, 0.5) is 0 Å². The van der Waals surface area contributed by atoms with Gasteiger partial charge in [-0.25, -0.2) is 0 Å². The Morgan fingerprint density at radius 3 is 2.75 bits per heavy atom. The lowest BCUT2D eigenvalue weighted by atomic mass is 10.0. The van der Waals surface area contributed by atoms with Gasteiger partial charge in [0.05, 0.1) is 12.5 Å². The predicted molar refractivity (Wildman–Crippen MR) is 65.1 cm³/mol. The summed E-state index contributed by atoms with van der Waals surface area (Å²) in [6.45, 7) is 4.56. The standard InChI is InChI=1S/C13H23N3/c1-3-11(6-8-14)16-9-7-12-4-5-13(10-16)15(12)2/h11-13H,3-7,9-10H2,1-2H3. The zero-order valence-corrected chi connectivity index (χ0v) is 10.5. The minimum Gasteiger partial charge on any atom is -0.299 e. The SMILES string of the molecule is CCC(CC#N)N1CCC2CCC(C1)N2C. The Morgan fingerprint density at radius 2 is 2.06 bits per heavy atom. The highest BCUT2D eigenvalue weighted by Crippen LogP contribution is 2.29. The number of likely N-dealkylation sites (tertiary alicyclic amines) is 1. The largest absolute Gasteiger partial charge is 0.299 e. The van der Waals surface area contributed by atoms with Crippen molar-refractivity contribution in [3.8, 4) is 6.07 Å². The molecule has 2 aliphatic rings. The molecular weight excluding hydrogens is 198 g/mol. The summed E-state index contributed by atoms with van der Waals surface area (Å²) in [7, 11) is 2.27. The normalized spacial score (nSPS) is 33.3. The van der Waals surface area contributed by atoms with Crippen molar-refractivity contribution in [2.75, 3.05) is 20.1 Å². The van der Waals surface area contributed by atoms with Gasteiger partial charge in [-0.15, -0.1) is 0 Å². The minimum absolute atomic E-state index is 0.484. The van der Waals surface area contributed by atoms with Crippen LogP contribution in [0.15, 0.2) is 0 Å². The second-order valence-electron chi connectivity index (χ2n) is 5.26. The van der Waals surface area contributed by atoms with E-state index in [0.29, 0.717) is 12.5 Å². The molecule has 16 heavy (non-hydrogen) atoms. The molecule has 0 radical (unpaired) electrons. The van der Waals surface area contributed by atoms with E-state index in [2.05, 4.69) is 29.8 Å². The first-order valence-electron chi connectivity index (χ1n) is 6.59. The predicted octanol–water partition coefficient (Wildman–Crippen LogP) is 1.85. The molecular formula is C13H23N3. The molecule has 3 heteroatoms. The summed E-state index contributed by atoms with van der Waals surface area (Å²) in [5.41, 5.74) is 0. The molecule has 0 aliphatic carbocycles. The van der Waals surface area contributed by atoms with Gasteiger partial charge in [-0.1, -0.05) is 6.92 Å². The molecule has 2 fully saturated rings. The van der Waals surface area contributed by atoms with Crippen molar-refractivity contribution >= 4 is 0 Å². The van der Waals surface area contributed by atoms with Crippen LogP contribution >= 0.6 is 0 Å². The molecule has 2 saturated heterocycles. The number of fused-ring (bicyclic) bond motifs is 2. The first-order valence-corrected chi connectivity index (χ1v) is 6.59. The topological polar surface area (TPSA) is 30.3 Å². The van der Waals surface area contributed by atoms with E-state index in [0.717, 1.165) is 18.5 Å². The smallest absolute Gasteiger partial charge is 0.0638 e. The van der Waals surface area contributed by atoms with Gasteiger partial charge in [-0.3, -0.25) is 9.80 Å². The third-order valence-corrected chi connectivity index (χ3v) is 4.49. The van der Waals surface area contributed by atoms with Crippen LogP contribution in [0.3, 0.4) is 0 Å². The zero-order valence-electron chi connectivity index (χ0n) is 10.5. The number of likely N-dealkylation sites (N-methyl/N-ethyl adjacent to an activating group) is 1. The molecule has 3 nitrogen and oxygen atoms in total. The number of nitrogens with zero attached hydrogens (tertiary/aromatic N) is 3. The van der Waals surface area contributed by atoms with Gasteiger partial charge in [-0.2, -0.15) is 5.26 Å². The van der Waals surface area contributed by atoms with Crippen LogP contribution < -0.4 is 0 Å². The monoisotopic (exact) mass is 221 g/mol. The van der Waals surface area contributed by atoms with Crippen molar-refractivity contribution in [1.82, 2.24) is 9.80 Å². The van der Waals surface area contributed by atoms with E-state index in [9.17, 15) is 0 Å². The Hall–Kier alpha value is -0.590. The molecule has 0 aromatic carbocycles. The molecule has 0 aromatic heterocycles. The van der Waals surface area contributed by atoms with Crippen molar-refractivity contribution in [3.05, 3.63) is 0 Å². The fraction of sp³-hybridized carbons (Fsp3) is 0.923. The Labute approximate surface area is 99.0 Å². The highest BCUT2D eigenvalue weighted by molar-refractivity contribution is 4.93. The van der Waals surface area contributed by atoms with Crippen molar-refractivity contribution in [3.63, 3.8) is 0 Å². The maximum absolute atomic E-state index is 8.87. The Morgan fingerprint density at radius 1 is 1.31 bits per heavy atom. The lowest BCUT2D eigenvalue weighted by Gasteiger charge is -2.31.